The van der Waals surface area contributed by atoms with Crippen LogP contribution in [0.3, 0.4) is 0 Å². The number of piperazine rings is 1. The topological polar surface area (TPSA) is 35.9 Å². The smallest absolute Gasteiger partial charge is 0.131 e. The first-order chi connectivity index (χ1) is 12.7. The molecule has 2 aromatic carbocycles. The Morgan fingerprint density at radius 1 is 1.12 bits per heavy atom. The van der Waals surface area contributed by atoms with Crippen LogP contribution in [0.1, 0.15) is 17.5 Å². The van der Waals surface area contributed by atoms with E-state index in [-0.39, 0.29) is 18.5 Å². The molecular formula is C21H27FN2O2. The number of aliphatic hydroxyl groups excluding tert-OH is 1. The molecule has 1 aliphatic rings. The molecule has 1 saturated heterocycles. The Labute approximate surface area is 154 Å². The maximum atomic E-state index is 14.2. The van der Waals surface area contributed by atoms with E-state index >= 15 is 0 Å². The number of hydrogen-bond acceptors (Lipinski definition) is 4. The highest BCUT2D eigenvalue weighted by Crippen LogP contribution is 2.21. The molecular weight excluding hydrogens is 331 g/mol. The monoisotopic (exact) mass is 358 g/mol. The summed E-state index contributed by atoms with van der Waals surface area (Å²) in [5, 5.41) is 9.46. The van der Waals surface area contributed by atoms with E-state index in [9.17, 15) is 9.50 Å². The maximum Gasteiger partial charge on any atom is 0.131 e. The quantitative estimate of drug-likeness (QED) is 0.826. The molecule has 0 unspecified atom stereocenters. The molecule has 1 atom stereocenters. The van der Waals surface area contributed by atoms with Crippen molar-refractivity contribution in [3.8, 4) is 5.75 Å². The summed E-state index contributed by atoms with van der Waals surface area (Å²) in [6.45, 7) is 4.27. The number of benzene rings is 2. The summed E-state index contributed by atoms with van der Waals surface area (Å²) in [4.78, 5) is 4.69. The maximum absolute atomic E-state index is 14.2. The molecule has 4 nitrogen and oxygen atoms in total. The summed E-state index contributed by atoms with van der Waals surface area (Å²) in [5.74, 6) is 0.312. The van der Waals surface area contributed by atoms with Crippen molar-refractivity contribution in [3.05, 3.63) is 65.5 Å². The summed E-state index contributed by atoms with van der Waals surface area (Å²) in [5.41, 5.74) is 1.97. The van der Waals surface area contributed by atoms with E-state index < -0.39 is 0 Å². The Hall–Kier alpha value is -1.95. The highest BCUT2D eigenvalue weighted by Gasteiger charge is 2.27. The third-order valence-electron chi connectivity index (χ3n) is 5.03. The standard InChI is InChI=1S/C21H27FN2O2/c1-26-20-8-7-18(21(22)13-20)15-23-10-11-24(19(16-23)9-12-25)14-17-5-3-2-4-6-17/h2-8,13,19,25H,9-12,14-16H2,1H3/t19-/m0/s1. The predicted molar refractivity (Wildman–Crippen MR) is 101 cm³/mol. The van der Waals surface area contributed by atoms with Crippen LogP contribution in [0.25, 0.3) is 0 Å². The first-order valence-electron chi connectivity index (χ1n) is 9.13. The lowest BCUT2D eigenvalue weighted by Crippen LogP contribution is -2.52. The highest BCUT2D eigenvalue weighted by atomic mass is 19.1. The van der Waals surface area contributed by atoms with E-state index in [0.29, 0.717) is 17.9 Å². The zero-order chi connectivity index (χ0) is 18.4. The summed E-state index contributed by atoms with van der Waals surface area (Å²) in [6.07, 6.45) is 0.731. The van der Waals surface area contributed by atoms with Gasteiger partial charge in [0.05, 0.1) is 7.11 Å². The van der Waals surface area contributed by atoms with Gasteiger partial charge >= 0.3 is 0 Å². The van der Waals surface area contributed by atoms with Crippen molar-refractivity contribution >= 4 is 0 Å². The number of ether oxygens (including phenoxy) is 1. The molecule has 1 fully saturated rings. The first-order valence-corrected chi connectivity index (χ1v) is 9.13. The van der Waals surface area contributed by atoms with Crippen molar-refractivity contribution in [3.63, 3.8) is 0 Å². The molecule has 3 rings (SSSR count). The van der Waals surface area contributed by atoms with Gasteiger partial charge in [0.2, 0.25) is 0 Å². The molecule has 140 valence electrons. The molecule has 0 spiro atoms. The average Bonchev–Trinajstić information content (AvgIpc) is 2.66. The van der Waals surface area contributed by atoms with Crippen LogP contribution in [-0.2, 0) is 13.1 Å². The van der Waals surface area contributed by atoms with Crippen molar-refractivity contribution in [2.75, 3.05) is 33.4 Å². The van der Waals surface area contributed by atoms with Crippen molar-refractivity contribution in [2.24, 2.45) is 0 Å². The lowest BCUT2D eigenvalue weighted by Gasteiger charge is -2.41. The second kappa shape index (κ2) is 9.12. The number of methoxy groups -OCH3 is 1. The molecule has 0 radical (unpaired) electrons. The Morgan fingerprint density at radius 3 is 2.62 bits per heavy atom. The Kier molecular flexibility index (Phi) is 6.61. The number of aliphatic hydroxyl groups is 1. The lowest BCUT2D eigenvalue weighted by molar-refractivity contribution is 0.0495. The van der Waals surface area contributed by atoms with E-state index in [2.05, 4.69) is 34.1 Å². The molecule has 0 amide bonds. The van der Waals surface area contributed by atoms with Crippen LogP contribution in [0, 0.1) is 5.82 Å². The van der Waals surface area contributed by atoms with Crippen LogP contribution >= 0.6 is 0 Å². The van der Waals surface area contributed by atoms with Crippen molar-refractivity contribution in [1.82, 2.24) is 9.80 Å². The molecule has 1 heterocycles. The first kappa shape index (κ1) is 18.8. The fourth-order valence-electron chi connectivity index (χ4n) is 3.57. The summed E-state index contributed by atoms with van der Waals surface area (Å²) >= 11 is 0. The van der Waals surface area contributed by atoms with E-state index in [4.69, 9.17) is 4.74 Å². The molecule has 0 saturated carbocycles. The fourth-order valence-corrected chi connectivity index (χ4v) is 3.57. The van der Waals surface area contributed by atoms with Crippen LogP contribution in [0.4, 0.5) is 4.39 Å². The SMILES string of the molecule is COc1ccc(CN2CCN(Cc3ccccc3)[C@@H](CCO)C2)c(F)c1. The number of hydrogen-bond donors (Lipinski definition) is 1. The normalized spacial score (nSPS) is 18.8. The van der Waals surface area contributed by atoms with Crippen LogP contribution in [0.15, 0.2) is 48.5 Å². The molecule has 5 heteroatoms. The molecule has 0 aliphatic carbocycles. The van der Waals surface area contributed by atoms with Crippen LogP contribution in [-0.4, -0.2) is 54.3 Å². The van der Waals surface area contributed by atoms with Gasteiger partial charge in [-0.25, -0.2) is 4.39 Å². The fraction of sp³-hybridized carbons (Fsp3) is 0.429. The van der Waals surface area contributed by atoms with Gasteiger partial charge in [-0.05, 0) is 18.1 Å². The summed E-state index contributed by atoms with van der Waals surface area (Å²) in [6, 6.07) is 15.7. The largest absolute Gasteiger partial charge is 0.497 e. The van der Waals surface area contributed by atoms with Gasteiger partial charge in [0.25, 0.3) is 0 Å². The zero-order valence-electron chi connectivity index (χ0n) is 15.3. The molecule has 26 heavy (non-hydrogen) atoms. The van der Waals surface area contributed by atoms with Gasteiger partial charge in [-0.3, -0.25) is 9.80 Å². The third-order valence-corrected chi connectivity index (χ3v) is 5.03. The Morgan fingerprint density at radius 2 is 1.92 bits per heavy atom. The Balaban J connectivity index is 1.63. The number of rotatable bonds is 7. The average molecular weight is 358 g/mol. The minimum Gasteiger partial charge on any atom is -0.497 e. The van der Waals surface area contributed by atoms with Crippen LogP contribution in [0.2, 0.25) is 0 Å². The zero-order valence-corrected chi connectivity index (χ0v) is 15.3. The molecule has 1 aliphatic heterocycles. The third kappa shape index (κ3) is 4.81. The van der Waals surface area contributed by atoms with E-state index in [1.165, 1.54) is 11.6 Å². The van der Waals surface area contributed by atoms with E-state index in [1.807, 2.05) is 6.07 Å². The number of nitrogens with zero attached hydrogens (tertiary/aromatic N) is 2. The molecule has 2 aromatic rings. The van der Waals surface area contributed by atoms with E-state index in [1.54, 1.807) is 19.2 Å². The van der Waals surface area contributed by atoms with Crippen molar-refractivity contribution in [1.29, 1.82) is 0 Å². The minimum absolute atomic E-state index is 0.167. The molecule has 0 bridgehead atoms. The summed E-state index contributed by atoms with van der Waals surface area (Å²) in [7, 11) is 1.54. The second-order valence-corrected chi connectivity index (χ2v) is 6.81. The Bertz CT molecular complexity index is 696. The van der Waals surface area contributed by atoms with Gasteiger partial charge in [0.15, 0.2) is 0 Å². The van der Waals surface area contributed by atoms with Gasteiger partial charge in [-0.1, -0.05) is 36.4 Å². The van der Waals surface area contributed by atoms with Gasteiger partial charge in [0.1, 0.15) is 11.6 Å². The van der Waals surface area contributed by atoms with Gasteiger partial charge < -0.3 is 9.84 Å². The molecule has 1 N–H and O–H groups in total. The highest BCUT2D eigenvalue weighted by molar-refractivity contribution is 5.29. The van der Waals surface area contributed by atoms with Gasteiger partial charge in [-0.2, -0.15) is 0 Å². The van der Waals surface area contributed by atoms with Gasteiger partial charge in [0, 0.05) is 57.0 Å². The lowest BCUT2D eigenvalue weighted by atomic mass is 10.1. The van der Waals surface area contributed by atoms with Crippen LogP contribution in [0.5, 0.6) is 5.75 Å². The number of halogens is 1. The van der Waals surface area contributed by atoms with Crippen molar-refractivity contribution < 1.29 is 14.2 Å². The predicted octanol–water partition coefficient (Wildman–Crippen LogP) is 2.90. The van der Waals surface area contributed by atoms with E-state index in [0.717, 1.165) is 32.6 Å². The van der Waals surface area contributed by atoms with Crippen LogP contribution < -0.4 is 4.74 Å². The van der Waals surface area contributed by atoms with Crippen molar-refractivity contribution in [2.45, 2.75) is 25.6 Å². The second-order valence-electron chi connectivity index (χ2n) is 6.81. The van der Waals surface area contributed by atoms with Gasteiger partial charge in [-0.15, -0.1) is 0 Å². The molecule has 0 aromatic heterocycles. The minimum atomic E-state index is -0.227. The summed E-state index contributed by atoms with van der Waals surface area (Å²) < 4.78 is 19.3.